The Morgan fingerprint density at radius 1 is 1.31 bits per heavy atom. The summed E-state index contributed by atoms with van der Waals surface area (Å²) in [6.45, 7) is 0.915. The summed E-state index contributed by atoms with van der Waals surface area (Å²) < 4.78 is 30.7. The summed E-state index contributed by atoms with van der Waals surface area (Å²) >= 11 is 0. The third-order valence-electron chi connectivity index (χ3n) is 5.14. The summed E-state index contributed by atoms with van der Waals surface area (Å²) in [5, 5.41) is 18.0. The molecule has 1 aromatic rings. The van der Waals surface area contributed by atoms with Gasteiger partial charge in [0.1, 0.15) is 17.7 Å². The van der Waals surface area contributed by atoms with Crippen molar-refractivity contribution in [1.82, 2.24) is 20.2 Å². The number of hydrogen-bond acceptors (Lipinski definition) is 8. The normalized spacial score (nSPS) is 24.7. The summed E-state index contributed by atoms with van der Waals surface area (Å²) in [5.74, 6) is 0. The first kappa shape index (κ1) is 21.1. The number of H-pyrrole nitrogens is 1. The number of ether oxygens (including phenoxy) is 1. The van der Waals surface area contributed by atoms with Crippen molar-refractivity contribution in [2.24, 2.45) is 0 Å². The number of nitrogens with one attached hydrogen (secondary N) is 3. The van der Waals surface area contributed by atoms with Gasteiger partial charge in [-0.25, -0.2) is 23.0 Å². The molecule has 158 valence electrons. The predicted octanol–water partition coefficient (Wildman–Crippen LogP) is -0.193. The lowest BCUT2D eigenvalue weighted by molar-refractivity contribution is 0.102. The molecule has 0 spiro atoms. The van der Waals surface area contributed by atoms with E-state index in [2.05, 4.69) is 20.2 Å². The fourth-order valence-electron chi connectivity index (χ4n) is 3.79. The van der Waals surface area contributed by atoms with Crippen LogP contribution in [0.25, 0.3) is 0 Å². The third-order valence-corrected chi connectivity index (χ3v) is 5.90. The van der Waals surface area contributed by atoms with Crippen molar-refractivity contribution in [3.63, 3.8) is 0 Å². The highest BCUT2D eigenvalue weighted by atomic mass is 32.2. The van der Waals surface area contributed by atoms with Crippen LogP contribution < -0.4 is 20.5 Å². The van der Waals surface area contributed by atoms with Gasteiger partial charge in [0.05, 0.1) is 24.7 Å². The molecule has 3 N–H and O–H groups in total. The van der Waals surface area contributed by atoms with Gasteiger partial charge in [0.2, 0.25) is 10.0 Å². The molecule has 1 aliphatic carbocycles. The van der Waals surface area contributed by atoms with Crippen LogP contribution in [0.15, 0.2) is 11.0 Å². The molecule has 1 saturated carbocycles. The number of sulfonamides is 1. The maximum atomic E-state index is 12.2. The topological polar surface area (TPSA) is 157 Å². The van der Waals surface area contributed by atoms with Crippen molar-refractivity contribution in [1.29, 1.82) is 5.26 Å². The van der Waals surface area contributed by atoms with Crippen molar-refractivity contribution in [3.05, 3.63) is 22.1 Å². The van der Waals surface area contributed by atoms with E-state index in [4.69, 9.17) is 4.74 Å². The Labute approximate surface area is 168 Å². The van der Waals surface area contributed by atoms with E-state index in [1.165, 1.54) is 6.20 Å². The molecule has 0 bridgehead atoms. The van der Waals surface area contributed by atoms with Gasteiger partial charge < -0.3 is 15.0 Å². The minimum Gasteiger partial charge on any atom is -0.444 e. The Hall–Kier alpha value is -2.65. The Kier molecular flexibility index (Phi) is 6.39. The van der Waals surface area contributed by atoms with Crippen LogP contribution in [-0.4, -0.2) is 62.2 Å². The van der Waals surface area contributed by atoms with Crippen molar-refractivity contribution in [2.45, 2.75) is 50.3 Å². The molecule has 3 rings (SSSR count). The van der Waals surface area contributed by atoms with E-state index < -0.39 is 21.7 Å². The molecule has 11 nitrogen and oxygen atoms in total. The van der Waals surface area contributed by atoms with Crippen molar-refractivity contribution < 1.29 is 17.9 Å². The molecule has 1 saturated heterocycles. The molecule has 1 aliphatic heterocycles. The number of amides is 1. The quantitative estimate of drug-likeness (QED) is 0.587. The van der Waals surface area contributed by atoms with Crippen LogP contribution in [0.5, 0.6) is 0 Å². The molecule has 0 unspecified atom stereocenters. The molecule has 29 heavy (non-hydrogen) atoms. The lowest BCUT2D eigenvalue weighted by Gasteiger charge is -2.29. The SMILES string of the molecule is CS(=O)(=O)NC1CCC(NC(=O)O[C@@H]2CCN(c3cn[nH]c(=O)c3C#N)C2)CC1. The highest BCUT2D eigenvalue weighted by Crippen LogP contribution is 2.23. The van der Waals surface area contributed by atoms with E-state index in [-0.39, 0.29) is 23.8 Å². The average molecular weight is 424 g/mol. The van der Waals surface area contributed by atoms with Crippen LogP contribution in [-0.2, 0) is 14.8 Å². The third kappa shape index (κ3) is 5.68. The highest BCUT2D eigenvalue weighted by molar-refractivity contribution is 7.88. The number of carbonyl (C=O) groups is 1. The van der Waals surface area contributed by atoms with Crippen molar-refractivity contribution in [2.75, 3.05) is 24.2 Å². The molecule has 0 radical (unpaired) electrons. The molecular weight excluding hydrogens is 400 g/mol. The van der Waals surface area contributed by atoms with Gasteiger partial charge >= 0.3 is 6.09 Å². The Morgan fingerprint density at radius 2 is 2.00 bits per heavy atom. The lowest BCUT2D eigenvalue weighted by Crippen LogP contribution is -2.44. The second-order valence-corrected chi connectivity index (χ2v) is 9.20. The number of nitrogens with zero attached hydrogens (tertiary/aromatic N) is 3. The molecule has 1 amide bonds. The summed E-state index contributed by atoms with van der Waals surface area (Å²) in [6, 6.07) is 1.73. The number of aromatic nitrogens is 2. The maximum Gasteiger partial charge on any atom is 0.407 e. The van der Waals surface area contributed by atoms with Crippen molar-refractivity contribution >= 4 is 21.8 Å². The predicted molar refractivity (Wildman–Crippen MR) is 104 cm³/mol. The van der Waals surface area contributed by atoms with Gasteiger partial charge in [0.15, 0.2) is 0 Å². The van der Waals surface area contributed by atoms with Crippen LogP contribution in [0.4, 0.5) is 10.5 Å². The fourth-order valence-corrected chi connectivity index (χ4v) is 4.63. The van der Waals surface area contributed by atoms with Crippen LogP contribution in [0.1, 0.15) is 37.7 Å². The smallest absolute Gasteiger partial charge is 0.407 e. The van der Waals surface area contributed by atoms with Crippen LogP contribution in [0, 0.1) is 11.3 Å². The summed E-state index contributed by atoms with van der Waals surface area (Å²) in [7, 11) is -3.23. The molecule has 0 aromatic carbocycles. The molecule has 1 aromatic heterocycles. The molecule has 2 aliphatic rings. The number of carbonyl (C=O) groups excluding carboxylic acids is 1. The maximum absolute atomic E-state index is 12.2. The molecule has 1 atom stereocenters. The number of anilines is 1. The van der Waals surface area contributed by atoms with Gasteiger partial charge in [-0.05, 0) is 25.7 Å². The van der Waals surface area contributed by atoms with Gasteiger partial charge in [0, 0.05) is 25.0 Å². The molecule has 12 heteroatoms. The van der Waals surface area contributed by atoms with E-state index in [0.29, 0.717) is 50.9 Å². The van der Waals surface area contributed by atoms with E-state index >= 15 is 0 Å². The molecule has 2 heterocycles. The zero-order chi connectivity index (χ0) is 21.0. The number of nitriles is 1. The lowest BCUT2D eigenvalue weighted by atomic mass is 9.92. The number of hydrogen-bond donors (Lipinski definition) is 3. The number of alkyl carbamates (subject to hydrolysis) is 1. The van der Waals surface area contributed by atoms with Crippen LogP contribution in [0.2, 0.25) is 0 Å². The summed E-state index contributed by atoms with van der Waals surface area (Å²) in [4.78, 5) is 25.7. The van der Waals surface area contributed by atoms with Crippen LogP contribution >= 0.6 is 0 Å². The van der Waals surface area contributed by atoms with Gasteiger partial charge in [0.25, 0.3) is 5.56 Å². The van der Waals surface area contributed by atoms with E-state index in [9.17, 15) is 23.3 Å². The number of aromatic amines is 1. The largest absolute Gasteiger partial charge is 0.444 e. The average Bonchev–Trinajstić information content (AvgIpc) is 3.10. The summed E-state index contributed by atoms with van der Waals surface area (Å²) in [5.41, 5.74) is -0.128. The second-order valence-electron chi connectivity index (χ2n) is 7.42. The zero-order valence-corrected chi connectivity index (χ0v) is 16.9. The van der Waals surface area contributed by atoms with Crippen molar-refractivity contribution in [3.8, 4) is 6.07 Å². The highest BCUT2D eigenvalue weighted by Gasteiger charge is 2.30. The Balaban J connectivity index is 1.46. The zero-order valence-electron chi connectivity index (χ0n) is 16.1. The fraction of sp³-hybridized carbons (Fsp3) is 0.647. The minimum atomic E-state index is -3.23. The van der Waals surface area contributed by atoms with Gasteiger partial charge in [-0.15, -0.1) is 0 Å². The van der Waals surface area contributed by atoms with Gasteiger partial charge in [-0.2, -0.15) is 10.4 Å². The first-order valence-electron chi connectivity index (χ1n) is 9.42. The monoisotopic (exact) mass is 424 g/mol. The minimum absolute atomic E-state index is 0.00966. The van der Waals surface area contributed by atoms with E-state index in [1.807, 2.05) is 6.07 Å². The van der Waals surface area contributed by atoms with Crippen LogP contribution in [0.3, 0.4) is 0 Å². The second kappa shape index (κ2) is 8.79. The Bertz CT molecular complexity index is 948. The molecule has 2 fully saturated rings. The Morgan fingerprint density at radius 3 is 2.66 bits per heavy atom. The van der Waals surface area contributed by atoms with E-state index in [1.54, 1.807) is 4.90 Å². The summed E-state index contributed by atoms with van der Waals surface area (Å²) in [6.07, 6.45) is 4.92. The standard InChI is InChI=1S/C17H24N6O5S/c1-29(26,27)22-12-4-2-11(3-5-12)20-17(25)28-13-6-7-23(10-13)15-9-19-21-16(24)14(15)8-18/h9,11-13,22H,2-7,10H2,1H3,(H,20,25)(H,21,24)/t11?,12?,13-/m1/s1. The van der Waals surface area contributed by atoms with Gasteiger partial charge in [-0.1, -0.05) is 0 Å². The van der Waals surface area contributed by atoms with Gasteiger partial charge in [-0.3, -0.25) is 4.79 Å². The van der Waals surface area contributed by atoms with E-state index in [0.717, 1.165) is 6.26 Å². The first-order chi connectivity index (χ1) is 13.7. The first-order valence-corrected chi connectivity index (χ1v) is 11.3. The molecular formula is C17H24N6O5S. The number of rotatable bonds is 5.